The summed E-state index contributed by atoms with van der Waals surface area (Å²) in [6.45, 7) is 4.16. The molecule has 0 radical (unpaired) electrons. The molecule has 0 aromatic heterocycles. The van der Waals surface area contributed by atoms with E-state index in [9.17, 15) is 9.59 Å². The number of rotatable bonds is 10. The van der Waals surface area contributed by atoms with Gasteiger partial charge in [0.05, 0.1) is 0 Å². The first-order valence-corrected chi connectivity index (χ1v) is 9.57. The number of urea groups is 2. The molecule has 6 N–H and O–H groups in total. The second-order valence-corrected chi connectivity index (χ2v) is 6.47. The van der Waals surface area contributed by atoms with Gasteiger partial charge in [-0.1, -0.05) is 37.6 Å². The maximum absolute atomic E-state index is 11.8. The normalized spacial score (nSPS) is 9.97. The summed E-state index contributed by atoms with van der Waals surface area (Å²) in [4.78, 5) is 22.8. The summed E-state index contributed by atoms with van der Waals surface area (Å²) in [6.07, 6.45) is 2.86. The van der Waals surface area contributed by atoms with Gasteiger partial charge in [-0.15, -0.1) is 17.0 Å². The number of hydrogen-bond acceptors (Lipinski definition) is 3. The van der Waals surface area contributed by atoms with Crippen LogP contribution in [0.25, 0.3) is 0 Å². The van der Waals surface area contributed by atoms with Crippen molar-refractivity contribution in [2.75, 3.05) is 30.3 Å². The number of amides is 4. The molecule has 0 aliphatic carbocycles. The van der Waals surface area contributed by atoms with E-state index in [1.54, 1.807) is 0 Å². The van der Waals surface area contributed by atoms with Gasteiger partial charge in [-0.05, 0) is 54.8 Å². The first kappa shape index (κ1) is 24.5. The van der Waals surface area contributed by atoms with Gasteiger partial charge in [0.25, 0.3) is 0 Å². The molecule has 0 bridgehead atoms. The number of nitrogens with one attached hydrogen (secondary N) is 4. The highest BCUT2D eigenvalue weighted by atomic mass is 79.9. The molecule has 0 fully saturated rings. The molecular weight excluding hydrogens is 434 g/mol. The van der Waals surface area contributed by atoms with E-state index in [0.29, 0.717) is 13.1 Å². The molecule has 2 rings (SSSR count). The average Bonchev–Trinajstić information content (AvgIpc) is 2.66. The van der Waals surface area contributed by atoms with E-state index < -0.39 is 6.03 Å². The minimum Gasteiger partial charge on any atom is -0.351 e. The fourth-order valence-electron chi connectivity index (χ4n) is 2.90. The number of benzene rings is 2. The Bertz CT molecular complexity index is 771. The monoisotopic (exact) mass is 463 g/mol. The van der Waals surface area contributed by atoms with Gasteiger partial charge in [-0.2, -0.15) is 0 Å². The number of aryl methyl sites for hydroxylation is 1. The quantitative estimate of drug-likeness (QED) is 0.346. The summed E-state index contributed by atoms with van der Waals surface area (Å²) in [6, 6.07) is 14.5. The van der Waals surface area contributed by atoms with Crippen molar-refractivity contribution in [3.05, 3.63) is 59.7 Å². The maximum atomic E-state index is 11.8. The number of nitrogens with two attached hydrogens (primary N) is 1. The zero-order chi connectivity index (χ0) is 20.2. The molecule has 0 heterocycles. The Balaban J connectivity index is 0.00000420. The highest BCUT2D eigenvalue weighted by molar-refractivity contribution is 8.93. The van der Waals surface area contributed by atoms with Gasteiger partial charge < -0.3 is 27.0 Å². The van der Waals surface area contributed by atoms with Crippen LogP contribution in [0.5, 0.6) is 0 Å². The summed E-state index contributed by atoms with van der Waals surface area (Å²) >= 11 is 0. The molecule has 7 nitrogen and oxygen atoms in total. The third-order valence-corrected chi connectivity index (χ3v) is 4.18. The van der Waals surface area contributed by atoms with E-state index in [0.717, 1.165) is 37.2 Å². The van der Waals surface area contributed by atoms with Gasteiger partial charge in [0.2, 0.25) is 0 Å². The van der Waals surface area contributed by atoms with Crippen molar-refractivity contribution in [1.82, 2.24) is 10.6 Å². The van der Waals surface area contributed by atoms with E-state index in [4.69, 9.17) is 5.73 Å². The zero-order valence-corrected chi connectivity index (χ0v) is 18.4. The molecular formula is C21H30BrN5O2. The highest BCUT2D eigenvalue weighted by Gasteiger charge is 2.05. The Morgan fingerprint density at radius 2 is 1.62 bits per heavy atom. The molecule has 2 aromatic rings. The lowest BCUT2D eigenvalue weighted by Crippen LogP contribution is -2.35. The fourth-order valence-corrected chi connectivity index (χ4v) is 2.90. The molecule has 158 valence electrons. The molecule has 4 amide bonds. The topological polar surface area (TPSA) is 108 Å². The molecule has 29 heavy (non-hydrogen) atoms. The molecule has 8 heteroatoms. The van der Waals surface area contributed by atoms with Gasteiger partial charge in [-0.25, -0.2) is 9.59 Å². The van der Waals surface area contributed by atoms with Crippen molar-refractivity contribution in [3.8, 4) is 0 Å². The van der Waals surface area contributed by atoms with Crippen molar-refractivity contribution < 1.29 is 9.59 Å². The molecule has 2 aromatic carbocycles. The second-order valence-electron chi connectivity index (χ2n) is 6.47. The Morgan fingerprint density at radius 3 is 2.31 bits per heavy atom. The van der Waals surface area contributed by atoms with E-state index in [-0.39, 0.29) is 23.0 Å². The molecule has 0 aliphatic heterocycles. The molecule has 0 saturated carbocycles. The SMILES string of the molecule is Br.CCCc1cc(NC(N)=O)ccc1CCNCCNC(=O)Nc1ccccc1. The average molecular weight is 464 g/mol. The van der Waals surface area contributed by atoms with Gasteiger partial charge in [-0.3, -0.25) is 0 Å². The molecule has 0 saturated heterocycles. The fraction of sp³-hybridized carbons (Fsp3) is 0.333. The molecule has 0 unspecified atom stereocenters. The van der Waals surface area contributed by atoms with Crippen LogP contribution in [0.4, 0.5) is 21.0 Å². The molecule has 0 atom stereocenters. The van der Waals surface area contributed by atoms with Crippen molar-refractivity contribution in [3.63, 3.8) is 0 Å². The van der Waals surface area contributed by atoms with Crippen LogP contribution in [0.2, 0.25) is 0 Å². The summed E-state index contributed by atoms with van der Waals surface area (Å²) in [5.41, 5.74) is 9.14. The van der Waals surface area contributed by atoms with E-state index in [1.165, 1.54) is 11.1 Å². The van der Waals surface area contributed by atoms with Gasteiger partial charge in [0.1, 0.15) is 0 Å². The first-order valence-electron chi connectivity index (χ1n) is 9.57. The van der Waals surface area contributed by atoms with Crippen LogP contribution in [0.15, 0.2) is 48.5 Å². The standard InChI is InChI=1S/C21H29N5O2.BrH/c1-2-6-17-15-19(25-20(22)27)10-9-16(17)11-12-23-13-14-24-21(28)26-18-7-4-3-5-8-18;/h3-5,7-10,15,23H,2,6,11-14H2,1H3,(H3,22,25,27)(H2,24,26,28);1H. The number of carbonyl (C=O) groups excluding carboxylic acids is 2. The highest BCUT2D eigenvalue weighted by Crippen LogP contribution is 2.18. The lowest BCUT2D eigenvalue weighted by atomic mass is 10.00. The predicted octanol–water partition coefficient (Wildman–Crippen LogP) is 3.66. The Morgan fingerprint density at radius 1 is 0.862 bits per heavy atom. The lowest BCUT2D eigenvalue weighted by Gasteiger charge is -2.12. The van der Waals surface area contributed by atoms with Crippen LogP contribution >= 0.6 is 17.0 Å². The Hall–Kier alpha value is -2.58. The zero-order valence-electron chi connectivity index (χ0n) is 16.7. The van der Waals surface area contributed by atoms with Crippen molar-refractivity contribution in [2.45, 2.75) is 26.2 Å². The summed E-state index contributed by atoms with van der Waals surface area (Å²) < 4.78 is 0. The Labute approximate surface area is 182 Å². The predicted molar refractivity (Wildman–Crippen MR) is 124 cm³/mol. The van der Waals surface area contributed by atoms with Crippen LogP contribution in [0, 0.1) is 0 Å². The van der Waals surface area contributed by atoms with E-state index >= 15 is 0 Å². The van der Waals surface area contributed by atoms with Crippen LogP contribution in [0.3, 0.4) is 0 Å². The van der Waals surface area contributed by atoms with Crippen molar-refractivity contribution >= 4 is 40.4 Å². The van der Waals surface area contributed by atoms with Crippen LogP contribution in [-0.2, 0) is 12.8 Å². The van der Waals surface area contributed by atoms with Gasteiger partial charge in [0.15, 0.2) is 0 Å². The number of primary amides is 1. The van der Waals surface area contributed by atoms with E-state index in [2.05, 4.69) is 28.2 Å². The number of carbonyl (C=O) groups is 2. The smallest absolute Gasteiger partial charge is 0.319 e. The minimum absolute atomic E-state index is 0. The minimum atomic E-state index is -0.555. The summed E-state index contributed by atoms with van der Waals surface area (Å²) in [5, 5.41) is 11.6. The van der Waals surface area contributed by atoms with Crippen LogP contribution in [-0.4, -0.2) is 31.7 Å². The third kappa shape index (κ3) is 9.45. The summed E-state index contributed by atoms with van der Waals surface area (Å²) in [7, 11) is 0. The summed E-state index contributed by atoms with van der Waals surface area (Å²) in [5.74, 6) is 0. The lowest BCUT2D eigenvalue weighted by molar-refractivity contribution is 0.252. The second kappa shape index (κ2) is 13.6. The largest absolute Gasteiger partial charge is 0.351 e. The molecule has 0 spiro atoms. The van der Waals surface area contributed by atoms with Gasteiger partial charge in [0, 0.05) is 24.5 Å². The maximum Gasteiger partial charge on any atom is 0.319 e. The van der Waals surface area contributed by atoms with Crippen LogP contribution in [0.1, 0.15) is 24.5 Å². The number of hydrogen-bond donors (Lipinski definition) is 5. The number of halogens is 1. The van der Waals surface area contributed by atoms with Gasteiger partial charge >= 0.3 is 12.1 Å². The third-order valence-electron chi connectivity index (χ3n) is 4.18. The Kier molecular flexibility index (Phi) is 11.4. The van der Waals surface area contributed by atoms with Crippen molar-refractivity contribution in [2.24, 2.45) is 5.73 Å². The number of anilines is 2. The first-order chi connectivity index (χ1) is 13.6. The number of para-hydroxylation sites is 1. The van der Waals surface area contributed by atoms with Crippen LogP contribution < -0.4 is 27.0 Å². The van der Waals surface area contributed by atoms with Crippen molar-refractivity contribution in [1.29, 1.82) is 0 Å². The molecule has 0 aliphatic rings. The van der Waals surface area contributed by atoms with E-state index in [1.807, 2.05) is 48.5 Å².